The number of carbonyl (C=O) groups excluding carboxylic acids is 2. The Bertz CT molecular complexity index is 830. The van der Waals surface area contributed by atoms with Gasteiger partial charge in [-0.15, -0.1) is 0 Å². The summed E-state index contributed by atoms with van der Waals surface area (Å²) in [6, 6.07) is 8.49. The third-order valence-electron chi connectivity index (χ3n) is 4.74. The number of hydrogen-bond acceptors (Lipinski definition) is 3. The van der Waals surface area contributed by atoms with Crippen molar-refractivity contribution in [3.8, 4) is 0 Å². The van der Waals surface area contributed by atoms with Crippen LogP contribution in [0.3, 0.4) is 0 Å². The zero-order valence-corrected chi connectivity index (χ0v) is 15.7. The smallest absolute Gasteiger partial charge is 0.272 e. The van der Waals surface area contributed by atoms with Crippen LogP contribution >= 0.6 is 11.6 Å². The van der Waals surface area contributed by atoms with Crippen LogP contribution in [0.2, 0.25) is 5.02 Å². The number of aromatic nitrogens is 1. The third kappa shape index (κ3) is 4.22. The number of piperidine rings is 1. The van der Waals surface area contributed by atoms with Crippen molar-refractivity contribution < 1.29 is 9.59 Å². The lowest BCUT2D eigenvalue weighted by molar-refractivity contribution is 0.0691. The molecule has 0 spiro atoms. The van der Waals surface area contributed by atoms with Gasteiger partial charge in [0.2, 0.25) is 0 Å². The van der Waals surface area contributed by atoms with Gasteiger partial charge in [-0.3, -0.25) is 14.6 Å². The fraction of sp³-hybridized carbons (Fsp3) is 0.350. The van der Waals surface area contributed by atoms with Gasteiger partial charge < -0.3 is 10.2 Å². The molecule has 0 unspecified atom stereocenters. The van der Waals surface area contributed by atoms with Crippen LogP contribution in [0.4, 0.5) is 5.69 Å². The largest absolute Gasteiger partial charge is 0.337 e. The van der Waals surface area contributed by atoms with Crippen molar-refractivity contribution in [3.05, 3.63) is 58.4 Å². The summed E-state index contributed by atoms with van der Waals surface area (Å²) in [6.07, 6.45) is 3.50. The number of amides is 2. The highest BCUT2D eigenvalue weighted by Crippen LogP contribution is 2.21. The normalized spacial score (nSPS) is 15.0. The van der Waals surface area contributed by atoms with E-state index in [0.29, 0.717) is 27.9 Å². The summed E-state index contributed by atoms with van der Waals surface area (Å²) >= 11 is 6.09. The van der Waals surface area contributed by atoms with Gasteiger partial charge in [-0.05, 0) is 55.5 Å². The number of nitrogens with zero attached hydrogens (tertiary/aromatic N) is 2. The standard InChI is InChI=1S/C20H22ClN3O2/c1-13-6-9-24(10-7-13)20(26)18-11-15(5-8-22-18)19(25)23-16-4-3-14(2)17(21)12-16/h3-5,8,11-13H,6-7,9-10H2,1-2H3,(H,23,25). The quantitative estimate of drug-likeness (QED) is 0.880. The predicted octanol–water partition coefficient (Wildman–Crippen LogP) is 4.17. The number of nitrogens with one attached hydrogen (secondary N) is 1. The molecule has 2 aromatic rings. The summed E-state index contributed by atoms with van der Waals surface area (Å²) in [7, 11) is 0. The number of carbonyl (C=O) groups is 2. The first-order valence-electron chi connectivity index (χ1n) is 8.77. The summed E-state index contributed by atoms with van der Waals surface area (Å²) in [6.45, 7) is 5.57. The van der Waals surface area contributed by atoms with Crippen molar-refractivity contribution in [1.29, 1.82) is 0 Å². The molecule has 5 nitrogen and oxygen atoms in total. The molecule has 0 radical (unpaired) electrons. The molecule has 1 aliphatic heterocycles. The molecule has 26 heavy (non-hydrogen) atoms. The van der Waals surface area contributed by atoms with Crippen LogP contribution in [0.25, 0.3) is 0 Å². The number of aryl methyl sites for hydroxylation is 1. The Balaban J connectivity index is 1.72. The van der Waals surface area contributed by atoms with E-state index in [1.807, 2.05) is 17.9 Å². The van der Waals surface area contributed by atoms with E-state index in [9.17, 15) is 9.59 Å². The minimum absolute atomic E-state index is 0.120. The van der Waals surface area contributed by atoms with Crippen LogP contribution in [0.5, 0.6) is 0 Å². The molecule has 6 heteroatoms. The Morgan fingerprint density at radius 3 is 2.62 bits per heavy atom. The average Bonchev–Trinajstić information content (AvgIpc) is 2.65. The molecule has 1 saturated heterocycles. The zero-order valence-electron chi connectivity index (χ0n) is 15.0. The summed E-state index contributed by atoms with van der Waals surface area (Å²) < 4.78 is 0. The van der Waals surface area contributed by atoms with Crippen molar-refractivity contribution >= 4 is 29.1 Å². The molecule has 1 aliphatic rings. The Morgan fingerprint density at radius 2 is 1.92 bits per heavy atom. The van der Waals surface area contributed by atoms with E-state index in [1.165, 1.54) is 6.20 Å². The molecule has 136 valence electrons. The zero-order chi connectivity index (χ0) is 18.7. The fourth-order valence-corrected chi connectivity index (χ4v) is 3.12. The second-order valence-electron chi connectivity index (χ2n) is 6.82. The van der Waals surface area contributed by atoms with Crippen molar-refractivity contribution in [2.45, 2.75) is 26.7 Å². The first-order valence-corrected chi connectivity index (χ1v) is 9.14. The molecular formula is C20H22ClN3O2. The van der Waals surface area contributed by atoms with E-state index in [2.05, 4.69) is 17.2 Å². The molecule has 2 amide bonds. The van der Waals surface area contributed by atoms with Crippen molar-refractivity contribution in [1.82, 2.24) is 9.88 Å². The summed E-state index contributed by atoms with van der Waals surface area (Å²) in [5.74, 6) is 0.226. The minimum atomic E-state index is -0.298. The van der Waals surface area contributed by atoms with E-state index in [0.717, 1.165) is 31.5 Å². The van der Waals surface area contributed by atoms with E-state index >= 15 is 0 Å². The van der Waals surface area contributed by atoms with Gasteiger partial charge in [0.05, 0.1) is 0 Å². The molecule has 2 heterocycles. The lowest BCUT2D eigenvalue weighted by Gasteiger charge is -2.30. The summed E-state index contributed by atoms with van der Waals surface area (Å²) in [5.41, 5.74) is 2.25. The number of likely N-dealkylation sites (tertiary alicyclic amines) is 1. The first kappa shape index (κ1) is 18.4. The van der Waals surface area contributed by atoms with Gasteiger partial charge in [0.25, 0.3) is 11.8 Å². The maximum atomic E-state index is 12.6. The van der Waals surface area contributed by atoms with Crippen LogP contribution in [-0.4, -0.2) is 34.8 Å². The summed E-state index contributed by atoms with van der Waals surface area (Å²) in [5, 5.41) is 3.39. The molecule has 3 rings (SSSR count). The monoisotopic (exact) mass is 371 g/mol. The average molecular weight is 372 g/mol. The molecule has 0 bridgehead atoms. The van der Waals surface area contributed by atoms with Gasteiger partial charge in [0, 0.05) is 35.6 Å². The number of benzene rings is 1. The van der Waals surface area contributed by atoms with Crippen LogP contribution in [0.15, 0.2) is 36.5 Å². The SMILES string of the molecule is Cc1ccc(NC(=O)c2ccnc(C(=O)N3CCC(C)CC3)c2)cc1Cl. The van der Waals surface area contributed by atoms with Gasteiger partial charge in [0.15, 0.2) is 0 Å². The Kier molecular flexibility index (Phi) is 5.57. The van der Waals surface area contributed by atoms with Crippen LogP contribution in [-0.2, 0) is 0 Å². The van der Waals surface area contributed by atoms with E-state index in [1.54, 1.807) is 24.3 Å². The second-order valence-corrected chi connectivity index (χ2v) is 7.23. The highest BCUT2D eigenvalue weighted by molar-refractivity contribution is 6.31. The molecular weight excluding hydrogens is 350 g/mol. The molecule has 0 saturated carbocycles. The number of anilines is 1. The Morgan fingerprint density at radius 1 is 1.19 bits per heavy atom. The van der Waals surface area contributed by atoms with Crippen molar-refractivity contribution in [2.75, 3.05) is 18.4 Å². The van der Waals surface area contributed by atoms with E-state index < -0.39 is 0 Å². The topological polar surface area (TPSA) is 62.3 Å². The first-order chi connectivity index (χ1) is 12.4. The Hall–Kier alpha value is -2.40. The molecule has 1 aromatic heterocycles. The highest BCUT2D eigenvalue weighted by atomic mass is 35.5. The Labute approximate surface area is 158 Å². The number of hydrogen-bond donors (Lipinski definition) is 1. The van der Waals surface area contributed by atoms with Crippen LogP contribution < -0.4 is 5.32 Å². The lowest BCUT2D eigenvalue weighted by Crippen LogP contribution is -2.38. The molecule has 0 aliphatic carbocycles. The summed E-state index contributed by atoms with van der Waals surface area (Å²) in [4.78, 5) is 31.1. The maximum absolute atomic E-state index is 12.6. The number of pyridine rings is 1. The van der Waals surface area contributed by atoms with Gasteiger partial charge in [-0.25, -0.2) is 0 Å². The fourth-order valence-electron chi connectivity index (χ4n) is 2.94. The lowest BCUT2D eigenvalue weighted by atomic mass is 9.99. The van der Waals surface area contributed by atoms with Crippen molar-refractivity contribution in [3.63, 3.8) is 0 Å². The van der Waals surface area contributed by atoms with Gasteiger partial charge in [-0.2, -0.15) is 0 Å². The maximum Gasteiger partial charge on any atom is 0.272 e. The molecule has 1 N–H and O–H groups in total. The van der Waals surface area contributed by atoms with Gasteiger partial charge >= 0.3 is 0 Å². The molecule has 1 aromatic carbocycles. The van der Waals surface area contributed by atoms with E-state index in [4.69, 9.17) is 11.6 Å². The predicted molar refractivity (Wildman–Crippen MR) is 103 cm³/mol. The third-order valence-corrected chi connectivity index (χ3v) is 5.15. The van der Waals surface area contributed by atoms with E-state index in [-0.39, 0.29) is 11.8 Å². The van der Waals surface area contributed by atoms with Crippen LogP contribution in [0, 0.1) is 12.8 Å². The van der Waals surface area contributed by atoms with Gasteiger partial charge in [0.1, 0.15) is 5.69 Å². The number of halogens is 1. The van der Waals surface area contributed by atoms with Crippen LogP contribution in [0.1, 0.15) is 46.2 Å². The molecule has 0 atom stereocenters. The second kappa shape index (κ2) is 7.87. The molecule has 1 fully saturated rings. The van der Waals surface area contributed by atoms with Gasteiger partial charge in [-0.1, -0.05) is 24.6 Å². The highest BCUT2D eigenvalue weighted by Gasteiger charge is 2.23. The number of rotatable bonds is 3. The minimum Gasteiger partial charge on any atom is -0.337 e. The van der Waals surface area contributed by atoms with Crippen molar-refractivity contribution in [2.24, 2.45) is 5.92 Å².